The Labute approximate surface area is 123 Å². The van der Waals surface area contributed by atoms with Crippen molar-refractivity contribution in [2.45, 2.75) is 27.3 Å². The van der Waals surface area contributed by atoms with Crippen LogP contribution in [0.15, 0.2) is 12.3 Å². The molecule has 2 heterocycles. The molecule has 2 rings (SSSR count). The minimum absolute atomic E-state index is 0.754. The molecule has 0 radical (unpaired) electrons. The van der Waals surface area contributed by atoms with E-state index in [1.165, 1.54) is 30.9 Å². The first kappa shape index (κ1) is 15.3. The van der Waals surface area contributed by atoms with E-state index in [9.17, 15) is 0 Å². The van der Waals surface area contributed by atoms with Crippen LogP contribution in [0.4, 0.5) is 5.69 Å². The minimum atomic E-state index is 0.754. The van der Waals surface area contributed by atoms with Gasteiger partial charge in [-0.05, 0) is 26.0 Å². The molecule has 0 amide bonds. The third kappa shape index (κ3) is 3.93. The molecular weight excluding hydrogens is 248 g/mol. The average Bonchev–Trinajstić information content (AvgIpc) is 2.41. The fraction of sp³-hybridized carbons (Fsp3) is 0.688. The highest BCUT2D eigenvalue weighted by Gasteiger charge is 2.19. The molecule has 0 spiro atoms. The van der Waals surface area contributed by atoms with Gasteiger partial charge in [0.1, 0.15) is 0 Å². The number of rotatable bonds is 5. The maximum atomic E-state index is 4.43. The van der Waals surface area contributed by atoms with Crippen LogP contribution < -0.4 is 10.2 Å². The molecular formula is C16H28N4. The number of hydrogen-bond donors (Lipinski definition) is 1. The number of pyridine rings is 1. The summed E-state index contributed by atoms with van der Waals surface area (Å²) in [5, 5.41) is 3.24. The first-order valence-corrected chi connectivity index (χ1v) is 7.67. The van der Waals surface area contributed by atoms with Crippen molar-refractivity contribution in [2.24, 2.45) is 5.92 Å². The lowest BCUT2D eigenvalue weighted by atomic mass is 10.1. The fourth-order valence-electron chi connectivity index (χ4n) is 2.88. The van der Waals surface area contributed by atoms with Crippen LogP contribution in [0.1, 0.15) is 25.1 Å². The van der Waals surface area contributed by atoms with Crippen molar-refractivity contribution in [1.82, 2.24) is 15.2 Å². The van der Waals surface area contributed by atoms with E-state index in [4.69, 9.17) is 0 Å². The smallest absolute Gasteiger partial charge is 0.0446 e. The first-order valence-electron chi connectivity index (χ1n) is 7.67. The fourth-order valence-corrected chi connectivity index (χ4v) is 2.88. The molecule has 0 bridgehead atoms. The zero-order valence-corrected chi connectivity index (χ0v) is 13.3. The second-order valence-electron chi connectivity index (χ2n) is 6.17. The van der Waals surface area contributed by atoms with Crippen LogP contribution in [0.2, 0.25) is 0 Å². The summed E-state index contributed by atoms with van der Waals surface area (Å²) in [5.74, 6) is 0.754. The third-order valence-electron chi connectivity index (χ3n) is 3.80. The first-order chi connectivity index (χ1) is 9.60. The molecule has 4 nitrogen and oxygen atoms in total. The Morgan fingerprint density at radius 1 is 1.25 bits per heavy atom. The Hall–Kier alpha value is -1.13. The van der Waals surface area contributed by atoms with E-state index in [1.807, 2.05) is 13.2 Å². The van der Waals surface area contributed by atoms with E-state index < -0.39 is 0 Å². The SMILES string of the molecule is CNCc1cnc(C)cc1N1CCN(CC(C)C)CC1. The van der Waals surface area contributed by atoms with Gasteiger partial charge >= 0.3 is 0 Å². The van der Waals surface area contributed by atoms with Crippen molar-refractivity contribution in [3.8, 4) is 0 Å². The summed E-state index contributed by atoms with van der Waals surface area (Å²) >= 11 is 0. The van der Waals surface area contributed by atoms with E-state index in [2.05, 4.69) is 46.9 Å². The molecule has 20 heavy (non-hydrogen) atoms. The van der Waals surface area contributed by atoms with E-state index in [0.717, 1.165) is 31.2 Å². The summed E-state index contributed by atoms with van der Waals surface area (Å²) in [6.45, 7) is 13.3. The summed E-state index contributed by atoms with van der Waals surface area (Å²) < 4.78 is 0. The molecule has 0 aliphatic carbocycles. The molecule has 1 aromatic heterocycles. The van der Waals surface area contributed by atoms with Crippen LogP contribution >= 0.6 is 0 Å². The predicted octanol–water partition coefficient (Wildman–Crippen LogP) is 1.89. The van der Waals surface area contributed by atoms with E-state index in [-0.39, 0.29) is 0 Å². The molecule has 1 N–H and O–H groups in total. The van der Waals surface area contributed by atoms with Crippen molar-refractivity contribution in [1.29, 1.82) is 0 Å². The molecule has 1 aliphatic rings. The van der Waals surface area contributed by atoms with Gasteiger partial charge in [-0.25, -0.2) is 0 Å². The standard InChI is InChI=1S/C16H28N4/c1-13(2)12-19-5-7-20(8-6-19)16-9-14(3)18-11-15(16)10-17-4/h9,11,13,17H,5-8,10,12H2,1-4H3. The van der Waals surface area contributed by atoms with Gasteiger partial charge in [0, 0.05) is 62.4 Å². The number of nitrogens with zero attached hydrogens (tertiary/aromatic N) is 3. The number of nitrogens with one attached hydrogen (secondary N) is 1. The zero-order valence-electron chi connectivity index (χ0n) is 13.3. The molecule has 1 aliphatic heterocycles. The number of aryl methyl sites for hydroxylation is 1. The molecule has 0 unspecified atom stereocenters. The predicted molar refractivity (Wildman–Crippen MR) is 85.2 cm³/mol. The second kappa shape index (κ2) is 7.04. The Kier molecular flexibility index (Phi) is 5.38. The average molecular weight is 276 g/mol. The van der Waals surface area contributed by atoms with Crippen molar-refractivity contribution < 1.29 is 0 Å². The molecule has 1 fully saturated rings. The summed E-state index contributed by atoms with van der Waals surface area (Å²) in [7, 11) is 1.99. The van der Waals surface area contributed by atoms with Crippen LogP contribution in [0, 0.1) is 12.8 Å². The molecule has 1 aromatic rings. The van der Waals surface area contributed by atoms with Crippen molar-refractivity contribution >= 4 is 5.69 Å². The van der Waals surface area contributed by atoms with Crippen LogP contribution in [0.3, 0.4) is 0 Å². The zero-order chi connectivity index (χ0) is 14.5. The van der Waals surface area contributed by atoms with Crippen molar-refractivity contribution in [3.05, 3.63) is 23.5 Å². The largest absolute Gasteiger partial charge is 0.369 e. The maximum absolute atomic E-state index is 4.43. The summed E-state index contributed by atoms with van der Waals surface area (Å²) in [6.07, 6.45) is 2.02. The Morgan fingerprint density at radius 3 is 2.55 bits per heavy atom. The Bertz CT molecular complexity index is 422. The van der Waals surface area contributed by atoms with Gasteiger partial charge in [-0.2, -0.15) is 0 Å². The maximum Gasteiger partial charge on any atom is 0.0446 e. The van der Waals surface area contributed by atoms with E-state index in [1.54, 1.807) is 0 Å². The highest BCUT2D eigenvalue weighted by Crippen LogP contribution is 2.22. The highest BCUT2D eigenvalue weighted by molar-refractivity contribution is 5.54. The lowest BCUT2D eigenvalue weighted by molar-refractivity contribution is 0.231. The minimum Gasteiger partial charge on any atom is -0.369 e. The number of hydrogen-bond acceptors (Lipinski definition) is 4. The van der Waals surface area contributed by atoms with Gasteiger partial charge in [0.05, 0.1) is 0 Å². The molecule has 0 aromatic carbocycles. The van der Waals surface area contributed by atoms with Gasteiger partial charge in [0.25, 0.3) is 0 Å². The monoisotopic (exact) mass is 276 g/mol. The lowest BCUT2D eigenvalue weighted by Gasteiger charge is -2.37. The van der Waals surface area contributed by atoms with Gasteiger partial charge in [-0.3, -0.25) is 9.88 Å². The molecule has 4 heteroatoms. The quantitative estimate of drug-likeness (QED) is 0.890. The van der Waals surface area contributed by atoms with Crippen LogP contribution in [0.25, 0.3) is 0 Å². The van der Waals surface area contributed by atoms with Crippen LogP contribution in [-0.4, -0.2) is 49.7 Å². The Balaban J connectivity index is 2.04. The summed E-state index contributed by atoms with van der Waals surface area (Å²) in [4.78, 5) is 9.52. The van der Waals surface area contributed by atoms with Gasteiger partial charge in [-0.1, -0.05) is 13.8 Å². The molecule has 1 saturated heterocycles. The normalized spacial score (nSPS) is 16.9. The lowest BCUT2D eigenvalue weighted by Crippen LogP contribution is -2.47. The van der Waals surface area contributed by atoms with Crippen LogP contribution in [0.5, 0.6) is 0 Å². The Morgan fingerprint density at radius 2 is 1.95 bits per heavy atom. The number of anilines is 1. The van der Waals surface area contributed by atoms with Gasteiger partial charge in [-0.15, -0.1) is 0 Å². The summed E-state index contributed by atoms with van der Waals surface area (Å²) in [5.41, 5.74) is 3.76. The van der Waals surface area contributed by atoms with E-state index >= 15 is 0 Å². The molecule has 0 atom stereocenters. The topological polar surface area (TPSA) is 31.4 Å². The number of aromatic nitrogens is 1. The van der Waals surface area contributed by atoms with Gasteiger partial charge in [0.2, 0.25) is 0 Å². The summed E-state index contributed by atoms with van der Waals surface area (Å²) in [6, 6.07) is 2.23. The van der Waals surface area contributed by atoms with E-state index in [0.29, 0.717) is 0 Å². The third-order valence-corrected chi connectivity index (χ3v) is 3.80. The highest BCUT2D eigenvalue weighted by atomic mass is 15.3. The second-order valence-corrected chi connectivity index (χ2v) is 6.17. The van der Waals surface area contributed by atoms with Crippen LogP contribution in [-0.2, 0) is 6.54 Å². The van der Waals surface area contributed by atoms with Crippen molar-refractivity contribution in [3.63, 3.8) is 0 Å². The van der Waals surface area contributed by atoms with Gasteiger partial charge in [0.15, 0.2) is 0 Å². The van der Waals surface area contributed by atoms with Crippen molar-refractivity contribution in [2.75, 3.05) is 44.7 Å². The van der Waals surface area contributed by atoms with Gasteiger partial charge < -0.3 is 10.2 Å². The number of piperazine rings is 1. The molecule has 0 saturated carbocycles. The molecule has 112 valence electrons.